The largest absolute Gasteiger partial charge is 0.484 e. The molecule has 0 bridgehead atoms. The smallest absolute Gasteiger partial charge is 0.262 e. The molecule has 1 aromatic carbocycles. The number of hydrogen-bond acceptors (Lipinski definition) is 3. The molecular weight excluding hydrogens is 266 g/mol. The van der Waals surface area contributed by atoms with E-state index in [1.54, 1.807) is 6.20 Å². The quantitative estimate of drug-likeness (QED) is 0.800. The molecule has 0 aliphatic heterocycles. The van der Waals surface area contributed by atoms with Crippen LogP contribution in [0, 0.1) is 6.92 Å². The number of rotatable bonds is 4. The molecule has 3 rings (SSSR count). The number of imidazole rings is 1. The highest BCUT2D eigenvalue weighted by Crippen LogP contribution is 2.13. The van der Waals surface area contributed by atoms with Crippen LogP contribution in [-0.4, -0.2) is 21.9 Å². The van der Waals surface area contributed by atoms with E-state index in [9.17, 15) is 4.79 Å². The van der Waals surface area contributed by atoms with Crippen molar-refractivity contribution in [3.8, 4) is 5.75 Å². The molecular formula is C16H15N3O2. The molecule has 1 amide bonds. The molecule has 1 N–H and O–H groups in total. The van der Waals surface area contributed by atoms with E-state index < -0.39 is 0 Å². The maximum absolute atomic E-state index is 11.9. The second-order valence-corrected chi connectivity index (χ2v) is 4.76. The minimum Gasteiger partial charge on any atom is -0.484 e. The number of hydrogen-bond donors (Lipinski definition) is 1. The Kier molecular flexibility index (Phi) is 3.55. The van der Waals surface area contributed by atoms with Crippen LogP contribution in [0.15, 0.2) is 55.0 Å². The molecule has 0 aliphatic rings. The number of amides is 1. The molecule has 0 saturated carbocycles. The van der Waals surface area contributed by atoms with Gasteiger partial charge in [-0.3, -0.25) is 4.79 Å². The van der Waals surface area contributed by atoms with Gasteiger partial charge < -0.3 is 14.5 Å². The van der Waals surface area contributed by atoms with Gasteiger partial charge in [0.05, 0.1) is 5.69 Å². The molecule has 2 heterocycles. The number of carbonyl (C=O) groups excluding carboxylic acids is 1. The van der Waals surface area contributed by atoms with Crippen LogP contribution in [0.2, 0.25) is 0 Å². The lowest BCUT2D eigenvalue weighted by Crippen LogP contribution is -2.20. The van der Waals surface area contributed by atoms with E-state index in [1.807, 2.05) is 60.1 Å². The van der Waals surface area contributed by atoms with Gasteiger partial charge in [-0.05, 0) is 36.8 Å². The third-order valence-electron chi connectivity index (χ3n) is 3.03. The van der Waals surface area contributed by atoms with Crippen molar-refractivity contribution >= 4 is 17.2 Å². The summed E-state index contributed by atoms with van der Waals surface area (Å²) in [6, 6.07) is 11.3. The summed E-state index contributed by atoms with van der Waals surface area (Å²) in [5.74, 6) is 0.492. The lowest BCUT2D eigenvalue weighted by Gasteiger charge is -2.08. The Morgan fingerprint density at radius 1 is 1.33 bits per heavy atom. The van der Waals surface area contributed by atoms with Crippen LogP contribution in [0.25, 0.3) is 5.65 Å². The molecule has 0 atom stereocenters. The van der Waals surface area contributed by atoms with Gasteiger partial charge in [0.1, 0.15) is 11.4 Å². The number of anilines is 1. The maximum Gasteiger partial charge on any atom is 0.262 e. The second-order valence-electron chi connectivity index (χ2n) is 4.76. The molecule has 0 radical (unpaired) electrons. The molecule has 0 aliphatic carbocycles. The lowest BCUT2D eigenvalue weighted by atomic mass is 10.2. The lowest BCUT2D eigenvalue weighted by molar-refractivity contribution is -0.118. The zero-order chi connectivity index (χ0) is 14.7. The van der Waals surface area contributed by atoms with Crippen molar-refractivity contribution in [3.05, 3.63) is 60.6 Å². The predicted molar refractivity (Wildman–Crippen MR) is 80.5 cm³/mol. The Hall–Kier alpha value is -2.82. The summed E-state index contributed by atoms with van der Waals surface area (Å²) in [6.45, 7) is 1.96. The highest BCUT2D eigenvalue weighted by molar-refractivity contribution is 5.91. The molecule has 0 saturated heterocycles. The number of nitrogens with one attached hydrogen (secondary N) is 1. The maximum atomic E-state index is 11.9. The van der Waals surface area contributed by atoms with Gasteiger partial charge in [-0.25, -0.2) is 4.98 Å². The fourth-order valence-corrected chi connectivity index (χ4v) is 2.05. The van der Waals surface area contributed by atoms with Crippen LogP contribution >= 0.6 is 0 Å². The zero-order valence-corrected chi connectivity index (χ0v) is 11.6. The Bertz CT molecular complexity index is 780. The Labute approximate surface area is 122 Å². The van der Waals surface area contributed by atoms with Gasteiger partial charge in [-0.15, -0.1) is 0 Å². The first-order chi connectivity index (χ1) is 10.2. The summed E-state index contributed by atoms with van der Waals surface area (Å²) in [7, 11) is 0. The van der Waals surface area contributed by atoms with Crippen molar-refractivity contribution in [2.24, 2.45) is 0 Å². The summed E-state index contributed by atoms with van der Waals surface area (Å²) in [6.07, 6.45) is 5.35. The van der Waals surface area contributed by atoms with Crippen LogP contribution in [-0.2, 0) is 4.79 Å². The normalized spacial score (nSPS) is 10.5. The fourth-order valence-electron chi connectivity index (χ4n) is 2.05. The number of aryl methyl sites for hydroxylation is 1. The molecule has 0 fully saturated rings. The number of ether oxygens (including phenoxy) is 1. The van der Waals surface area contributed by atoms with E-state index in [4.69, 9.17) is 4.74 Å². The molecule has 21 heavy (non-hydrogen) atoms. The summed E-state index contributed by atoms with van der Waals surface area (Å²) in [4.78, 5) is 16.0. The summed E-state index contributed by atoms with van der Waals surface area (Å²) in [5, 5.41) is 2.80. The first-order valence-electron chi connectivity index (χ1n) is 6.63. The number of carbonyl (C=O) groups is 1. The third-order valence-corrected chi connectivity index (χ3v) is 3.03. The Morgan fingerprint density at radius 2 is 2.24 bits per heavy atom. The summed E-state index contributed by atoms with van der Waals surface area (Å²) >= 11 is 0. The van der Waals surface area contributed by atoms with Gasteiger partial charge >= 0.3 is 0 Å². The van der Waals surface area contributed by atoms with E-state index in [0.29, 0.717) is 11.4 Å². The van der Waals surface area contributed by atoms with Crippen molar-refractivity contribution in [2.75, 3.05) is 11.9 Å². The van der Waals surface area contributed by atoms with Crippen LogP contribution in [0.3, 0.4) is 0 Å². The number of pyridine rings is 1. The molecule has 0 spiro atoms. The average Bonchev–Trinajstić information content (AvgIpc) is 2.93. The number of benzene rings is 1. The topological polar surface area (TPSA) is 55.6 Å². The molecule has 106 valence electrons. The van der Waals surface area contributed by atoms with E-state index in [1.165, 1.54) is 0 Å². The minimum absolute atomic E-state index is 0.0224. The third kappa shape index (κ3) is 3.20. The number of fused-ring (bicyclic) bond motifs is 1. The van der Waals surface area contributed by atoms with Crippen LogP contribution in [0.1, 0.15) is 5.56 Å². The number of nitrogens with zero attached hydrogens (tertiary/aromatic N) is 2. The van der Waals surface area contributed by atoms with Crippen LogP contribution < -0.4 is 10.1 Å². The van der Waals surface area contributed by atoms with Crippen molar-refractivity contribution in [1.29, 1.82) is 0 Å². The van der Waals surface area contributed by atoms with Crippen LogP contribution in [0.4, 0.5) is 5.69 Å². The van der Waals surface area contributed by atoms with Crippen molar-refractivity contribution in [2.45, 2.75) is 6.92 Å². The van der Waals surface area contributed by atoms with E-state index >= 15 is 0 Å². The van der Waals surface area contributed by atoms with Crippen molar-refractivity contribution in [1.82, 2.24) is 9.38 Å². The zero-order valence-electron chi connectivity index (χ0n) is 11.6. The highest BCUT2D eigenvalue weighted by atomic mass is 16.5. The van der Waals surface area contributed by atoms with Crippen molar-refractivity contribution < 1.29 is 9.53 Å². The summed E-state index contributed by atoms with van der Waals surface area (Å²) in [5.41, 5.74) is 2.64. The highest BCUT2D eigenvalue weighted by Gasteiger charge is 2.05. The standard InChI is InChI=1S/C16H15N3O2/c1-12-3-2-4-14(9-12)21-11-16(20)18-13-5-6-15-17-7-8-19(15)10-13/h2-10H,11H2,1H3,(H,18,20). The van der Waals surface area contributed by atoms with Gasteiger partial charge in [-0.2, -0.15) is 0 Å². The Balaban J connectivity index is 1.60. The second kappa shape index (κ2) is 5.66. The fraction of sp³-hybridized carbons (Fsp3) is 0.125. The first kappa shape index (κ1) is 13.2. The van der Waals surface area contributed by atoms with E-state index in [2.05, 4.69) is 10.3 Å². The predicted octanol–water partition coefficient (Wildman–Crippen LogP) is 2.66. The van der Waals surface area contributed by atoms with E-state index in [-0.39, 0.29) is 12.5 Å². The van der Waals surface area contributed by atoms with Gasteiger partial charge in [-0.1, -0.05) is 12.1 Å². The monoisotopic (exact) mass is 281 g/mol. The summed E-state index contributed by atoms with van der Waals surface area (Å²) < 4.78 is 7.31. The van der Waals surface area contributed by atoms with Crippen LogP contribution in [0.5, 0.6) is 5.75 Å². The minimum atomic E-state index is -0.198. The van der Waals surface area contributed by atoms with Gasteiger partial charge in [0.15, 0.2) is 6.61 Å². The Morgan fingerprint density at radius 3 is 3.10 bits per heavy atom. The van der Waals surface area contributed by atoms with E-state index in [0.717, 1.165) is 11.2 Å². The first-order valence-corrected chi connectivity index (χ1v) is 6.63. The number of aromatic nitrogens is 2. The van der Waals surface area contributed by atoms with Gasteiger partial charge in [0.2, 0.25) is 0 Å². The SMILES string of the molecule is Cc1cccc(OCC(=O)Nc2ccc3nccn3c2)c1. The molecule has 5 nitrogen and oxygen atoms in total. The van der Waals surface area contributed by atoms with Gasteiger partial charge in [0, 0.05) is 18.6 Å². The average molecular weight is 281 g/mol. The molecule has 0 unspecified atom stereocenters. The van der Waals surface area contributed by atoms with Gasteiger partial charge in [0.25, 0.3) is 5.91 Å². The molecule has 2 aromatic heterocycles. The van der Waals surface area contributed by atoms with Crippen molar-refractivity contribution in [3.63, 3.8) is 0 Å². The molecule has 3 aromatic rings. The molecule has 5 heteroatoms.